The Morgan fingerprint density at radius 1 is 1.26 bits per heavy atom. The number of para-hydroxylation sites is 1. The van der Waals surface area contributed by atoms with Gasteiger partial charge in [-0.1, -0.05) is 35.9 Å². The summed E-state index contributed by atoms with van der Waals surface area (Å²) in [4.78, 5) is 11.9. The molecule has 0 amide bonds. The van der Waals surface area contributed by atoms with Crippen LogP contribution in [0.2, 0.25) is 0 Å². The molecule has 3 aromatic rings. The molecule has 0 aliphatic rings. The molecule has 0 unspecified atom stereocenters. The van der Waals surface area contributed by atoms with Crippen LogP contribution in [0.15, 0.2) is 58.6 Å². The van der Waals surface area contributed by atoms with E-state index in [1.165, 1.54) is 11.8 Å². The van der Waals surface area contributed by atoms with Crippen molar-refractivity contribution in [1.29, 1.82) is 0 Å². The number of H-pyrrole nitrogens is 1. The van der Waals surface area contributed by atoms with Gasteiger partial charge in [0.25, 0.3) is 5.56 Å². The summed E-state index contributed by atoms with van der Waals surface area (Å²) < 4.78 is 12.5. The number of rotatable bonds is 6. The number of aryl methyl sites for hydroxylation is 1. The van der Waals surface area contributed by atoms with E-state index in [-0.39, 0.29) is 4.77 Å². The van der Waals surface area contributed by atoms with E-state index in [4.69, 9.17) is 21.7 Å². The average molecular weight is 382 g/mol. The summed E-state index contributed by atoms with van der Waals surface area (Å²) in [6, 6.07) is 13.5. The molecule has 1 heterocycles. The number of benzene rings is 2. The van der Waals surface area contributed by atoms with Gasteiger partial charge in [-0.05, 0) is 36.8 Å². The molecule has 3 rings (SSSR count). The maximum atomic E-state index is 11.9. The van der Waals surface area contributed by atoms with E-state index in [9.17, 15) is 4.79 Å². The number of hydrogen-bond donors (Lipinski definition) is 1. The predicted molar refractivity (Wildman–Crippen MR) is 105 cm³/mol. The Bertz CT molecular complexity index is 1040. The first-order valence-corrected chi connectivity index (χ1v) is 8.56. The van der Waals surface area contributed by atoms with Crippen molar-refractivity contribution >= 4 is 18.4 Å². The number of methoxy groups -OCH3 is 1. The van der Waals surface area contributed by atoms with Gasteiger partial charge in [-0.3, -0.25) is 9.89 Å². The van der Waals surface area contributed by atoms with Crippen LogP contribution < -0.4 is 15.0 Å². The quantitative estimate of drug-likeness (QED) is 0.523. The number of nitrogens with zero attached hydrogens (tertiary/aromatic N) is 3. The van der Waals surface area contributed by atoms with Gasteiger partial charge in [0.05, 0.1) is 13.3 Å². The van der Waals surface area contributed by atoms with Gasteiger partial charge in [0.2, 0.25) is 4.77 Å². The van der Waals surface area contributed by atoms with Crippen LogP contribution in [0, 0.1) is 11.7 Å². The van der Waals surface area contributed by atoms with Gasteiger partial charge in [-0.25, -0.2) is 0 Å². The molecule has 0 spiro atoms. The van der Waals surface area contributed by atoms with Crippen molar-refractivity contribution in [3.63, 3.8) is 0 Å². The molecule has 0 radical (unpaired) electrons. The molecule has 0 aliphatic carbocycles. The van der Waals surface area contributed by atoms with Crippen molar-refractivity contribution in [3.8, 4) is 11.5 Å². The summed E-state index contributed by atoms with van der Waals surface area (Å²) in [7, 11) is 1.57. The average Bonchev–Trinajstić information content (AvgIpc) is 2.67. The normalized spacial score (nSPS) is 10.9. The standard InChI is InChI=1S/C19H18N4O3S/c1-13-6-8-14(9-7-13)12-26-18-15(4-3-5-16(18)25-2)10-21-23-17(24)11-20-22-19(23)27/h3-11H,12H2,1-2H3,(H,22,27)/b21-10+. The summed E-state index contributed by atoms with van der Waals surface area (Å²) in [5.74, 6) is 1.10. The zero-order valence-electron chi connectivity index (χ0n) is 14.9. The van der Waals surface area contributed by atoms with Crippen LogP contribution in [0.5, 0.6) is 11.5 Å². The molecule has 0 saturated heterocycles. The highest BCUT2D eigenvalue weighted by Crippen LogP contribution is 2.30. The first-order chi connectivity index (χ1) is 13.1. The van der Waals surface area contributed by atoms with Gasteiger partial charge < -0.3 is 9.47 Å². The predicted octanol–water partition coefficient (Wildman–Crippen LogP) is 3.08. The van der Waals surface area contributed by atoms with Gasteiger partial charge in [0.1, 0.15) is 12.8 Å². The molecule has 1 N–H and O–H groups in total. The third kappa shape index (κ3) is 4.48. The van der Waals surface area contributed by atoms with Crippen molar-refractivity contribution in [2.45, 2.75) is 13.5 Å². The number of hydrogen-bond acceptors (Lipinski definition) is 6. The third-order valence-electron chi connectivity index (χ3n) is 3.78. The lowest BCUT2D eigenvalue weighted by Gasteiger charge is -2.13. The second-order valence-corrected chi connectivity index (χ2v) is 6.11. The van der Waals surface area contributed by atoms with Crippen LogP contribution in [0.4, 0.5) is 0 Å². The highest BCUT2D eigenvalue weighted by atomic mass is 32.1. The van der Waals surface area contributed by atoms with Crippen LogP contribution in [0.1, 0.15) is 16.7 Å². The van der Waals surface area contributed by atoms with Gasteiger partial charge in [0.15, 0.2) is 11.5 Å². The molecule has 27 heavy (non-hydrogen) atoms. The van der Waals surface area contributed by atoms with Gasteiger partial charge in [0, 0.05) is 5.56 Å². The maximum Gasteiger partial charge on any atom is 0.293 e. The second-order valence-electron chi connectivity index (χ2n) is 5.72. The van der Waals surface area contributed by atoms with Crippen LogP contribution in [-0.4, -0.2) is 28.2 Å². The molecule has 0 aliphatic heterocycles. The minimum absolute atomic E-state index is 0.101. The first-order valence-electron chi connectivity index (χ1n) is 8.15. The molecule has 0 saturated carbocycles. The highest BCUT2D eigenvalue weighted by molar-refractivity contribution is 7.71. The van der Waals surface area contributed by atoms with Crippen LogP contribution in [0.3, 0.4) is 0 Å². The van der Waals surface area contributed by atoms with E-state index >= 15 is 0 Å². The molecule has 138 valence electrons. The second kappa shape index (κ2) is 8.41. The summed E-state index contributed by atoms with van der Waals surface area (Å²) >= 11 is 5.04. The van der Waals surface area contributed by atoms with E-state index in [0.717, 1.165) is 16.4 Å². The molecule has 0 bridgehead atoms. The lowest BCUT2D eigenvalue weighted by Crippen LogP contribution is -2.18. The molecular formula is C19H18N4O3S. The number of nitrogens with one attached hydrogen (secondary N) is 1. The van der Waals surface area contributed by atoms with Gasteiger partial charge in [-0.15, -0.1) is 0 Å². The smallest absolute Gasteiger partial charge is 0.293 e. The van der Waals surface area contributed by atoms with Gasteiger partial charge >= 0.3 is 0 Å². The molecule has 1 aromatic heterocycles. The lowest BCUT2D eigenvalue weighted by molar-refractivity contribution is 0.284. The summed E-state index contributed by atoms with van der Waals surface area (Å²) in [5.41, 5.74) is 2.44. The SMILES string of the molecule is COc1cccc(/C=N/n2c(=O)cn[nH]c2=S)c1OCc1ccc(C)cc1. The molecule has 0 fully saturated rings. The molecule has 8 heteroatoms. The zero-order chi connectivity index (χ0) is 19.2. The Hall–Kier alpha value is -3.26. The Morgan fingerprint density at radius 3 is 2.74 bits per heavy atom. The summed E-state index contributed by atoms with van der Waals surface area (Å²) in [6.45, 7) is 2.40. The summed E-state index contributed by atoms with van der Waals surface area (Å²) in [5, 5.41) is 10.3. The fourth-order valence-electron chi connectivity index (χ4n) is 2.36. The van der Waals surface area contributed by atoms with Crippen LogP contribution in [-0.2, 0) is 6.61 Å². The van der Waals surface area contributed by atoms with E-state index in [1.54, 1.807) is 13.2 Å². The lowest BCUT2D eigenvalue weighted by atomic mass is 10.1. The van der Waals surface area contributed by atoms with Crippen molar-refractivity contribution < 1.29 is 9.47 Å². The van der Waals surface area contributed by atoms with E-state index < -0.39 is 5.56 Å². The Morgan fingerprint density at radius 2 is 2.04 bits per heavy atom. The monoisotopic (exact) mass is 382 g/mol. The Balaban J connectivity index is 1.91. The highest BCUT2D eigenvalue weighted by Gasteiger charge is 2.10. The van der Waals surface area contributed by atoms with E-state index in [0.29, 0.717) is 23.7 Å². The first kappa shape index (κ1) is 18.5. The number of ether oxygens (including phenoxy) is 2. The molecule has 2 aromatic carbocycles. The Labute approximate surface area is 160 Å². The minimum atomic E-state index is -0.431. The topological polar surface area (TPSA) is 81.5 Å². The molecule has 7 nitrogen and oxygen atoms in total. The van der Waals surface area contributed by atoms with Gasteiger partial charge in [-0.2, -0.15) is 14.9 Å². The fourth-order valence-corrected chi connectivity index (χ4v) is 2.55. The zero-order valence-corrected chi connectivity index (χ0v) is 15.7. The molecular weight excluding hydrogens is 364 g/mol. The van der Waals surface area contributed by atoms with Crippen molar-refractivity contribution in [1.82, 2.24) is 14.9 Å². The number of aromatic amines is 1. The maximum absolute atomic E-state index is 11.9. The largest absolute Gasteiger partial charge is 0.493 e. The summed E-state index contributed by atoms with van der Waals surface area (Å²) in [6.07, 6.45) is 2.60. The van der Waals surface area contributed by atoms with Crippen molar-refractivity contribution in [3.05, 3.63) is 80.5 Å². The van der Waals surface area contributed by atoms with E-state index in [1.807, 2.05) is 43.3 Å². The van der Waals surface area contributed by atoms with Crippen molar-refractivity contribution in [2.75, 3.05) is 7.11 Å². The third-order valence-corrected chi connectivity index (χ3v) is 4.05. The minimum Gasteiger partial charge on any atom is -0.493 e. The van der Waals surface area contributed by atoms with Crippen LogP contribution in [0.25, 0.3) is 0 Å². The fraction of sp³-hybridized carbons (Fsp3) is 0.158. The van der Waals surface area contributed by atoms with Crippen LogP contribution >= 0.6 is 12.2 Å². The van der Waals surface area contributed by atoms with E-state index in [2.05, 4.69) is 15.3 Å². The number of aromatic nitrogens is 3. The Kier molecular flexibility index (Phi) is 5.77. The van der Waals surface area contributed by atoms with Crippen molar-refractivity contribution in [2.24, 2.45) is 5.10 Å². The molecule has 0 atom stereocenters.